The summed E-state index contributed by atoms with van der Waals surface area (Å²) in [6.07, 6.45) is 11.2. The van der Waals surface area contributed by atoms with E-state index >= 15 is 0 Å². The lowest BCUT2D eigenvalue weighted by Crippen LogP contribution is -1.93. The van der Waals surface area contributed by atoms with Crippen molar-refractivity contribution in [1.29, 1.82) is 0 Å². The number of hydrogen-bond donors (Lipinski definition) is 0. The van der Waals surface area contributed by atoms with Crippen molar-refractivity contribution in [1.82, 2.24) is 0 Å². The smallest absolute Gasteiger partial charge is 0.0434 e. The Kier molecular flexibility index (Phi) is 6.78. The molecule has 6 aromatic carbocycles. The van der Waals surface area contributed by atoms with Crippen LogP contribution in [0.3, 0.4) is 0 Å². The lowest BCUT2D eigenvalue weighted by molar-refractivity contribution is 1.48. The van der Waals surface area contributed by atoms with Crippen LogP contribution in [0.5, 0.6) is 0 Å². The van der Waals surface area contributed by atoms with Gasteiger partial charge in [-0.05, 0) is 93.2 Å². The highest BCUT2D eigenvalue weighted by Gasteiger charge is 2.21. The minimum atomic E-state index is 0.998. The second kappa shape index (κ2) is 11.0. The van der Waals surface area contributed by atoms with E-state index in [1.165, 1.54) is 90.8 Å². The molecule has 1 aliphatic heterocycles. The minimum absolute atomic E-state index is 0.998. The quantitative estimate of drug-likeness (QED) is 0.143. The van der Waals surface area contributed by atoms with E-state index in [4.69, 9.17) is 0 Å². The summed E-state index contributed by atoms with van der Waals surface area (Å²) in [7, 11) is 0. The molecule has 0 N–H and O–H groups in total. The molecule has 1 aliphatic rings. The second-order valence-corrected chi connectivity index (χ2v) is 13.7. The molecular weight excluding hydrogens is 569 g/mol. The molecular formula is C42H32S2. The van der Waals surface area contributed by atoms with Crippen molar-refractivity contribution in [2.24, 2.45) is 0 Å². The highest BCUT2D eigenvalue weighted by molar-refractivity contribution is 8.00. The number of fused-ring (bicyclic) bond motifs is 9. The Morgan fingerprint density at radius 1 is 0.591 bits per heavy atom. The van der Waals surface area contributed by atoms with Crippen LogP contribution in [-0.2, 0) is 0 Å². The number of thioether (sulfide) groups is 1. The lowest BCUT2D eigenvalue weighted by Gasteiger charge is -2.18. The zero-order valence-corrected chi connectivity index (χ0v) is 26.8. The van der Waals surface area contributed by atoms with Crippen molar-refractivity contribution in [3.63, 3.8) is 0 Å². The number of hydrogen-bond acceptors (Lipinski definition) is 2. The van der Waals surface area contributed by atoms with Crippen LogP contribution in [0.15, 0.2) is 132 Å². The van der Waals surface area contributed by atoms with Crippen molar-refractivity contribution < 1.29 is 0 Å². The Labute approximate surface area is 266 Å². The lowest BCUT2D eigenvalue weighted by atomic mass is 9.86. The first-order valence-corrected chi connectivity index (χ1v) is 17.1. The van der Waals surface area contributed by atoms with Gasteiger partial charge in [0, 0.05) is 36.2 Å². The second-order valence-electron chi connectivity index (χ2n) is 11.6. The number of rotatable bonds is 4. The number of thiophene rings is 1. The van der Waals surface area contributed by atoms with Crippen LogP contribution in [0, 0.1) is 0 Å². The molecule has 0 aliphatic carbocycles. The van der Waals surface area contributed by atoms with Crippen LogP contribution in [-0.4, -0.2) is 5.75 Å². The van der Waals surface area contributed by atoms with Crippen LogP contribution in [0.2, 0.25) is 0 Å². The molecule has 2 heterocycles. The van der Waals surface area contributed by atoms with Gasteiger partial charge in [-0.2, -0.15) is 0 Å². The van der Waals surface area contributed by atoms with E-state index in [0.717, 1.165) is 5.75 Å². The fourth-order valence-corrected chi connectivity index (χ4v) is 9.32. The minimum Gasteiger partial charge on any atom is -0.135 e. The summed E-state index contributed by atoms with van der Waals surface area (Å²) in [6, 6.07) is 36.0. The Hall–Kier alpha value is -4.37. The van der Waals surface area contributed by atoms with E-state index < -0.39 is 0 Å². The summed E-state index contributed by atoms with van der Waals surface area (Å²) in [5.41, 5.74) is 8.04. The first-order valence-electron chi connectivity index (χ1n) is 15.3. The van der Waals surface area contributed by atoms with Crippen LogP contribution < -0.4 is 0 Å². The SMILES string of the molecule is C/C=C\C=C(/C)c1c2ccccc2c(/C(C)=C/C=C2\CSc3ccc4c(ccc5c6ccccc6sc45)c32)c2ccccc12. The van der Waals surface area contributed by atoms with Crippen LogP contribution >= 0.6 is 23.1 Å². The molecule has 0 amide bonds. The summed E-state index contributed by atoms with van der Waals surface area (Å²) in [4.78, 5) is 1.39. The maximum atomic E-state index is 2.39. The van der Waals surface area contributed by atoms with E-state index in [2.05, 4.69) is 148 Å². The zero-order chi connectivity index (χ0) is 29.8. The van der Waals surface area contributed by atoms with Gasteiger partial charge in [-0.3, -0.25) is 0 Å². The maximum absolute atomic E-state index is 2.39. The molecule has 7 aromatic rings. The van der Waals surface area contributed by atoms with Crippen molar-refractivity contribution in [2.75, 3.05) is 5.75 Å². The Balaban J connectivity index is 1.31. The molecule has 0 unspecified atom stereocenters. The van der Waals surface area contributed by atoms with Gasteiger partial charge in [-0.1, -0.05) is 115 Å². The predicted molar refractivity (Wildman–Crippen MR) is 199 cm³/mol. The molecule has 0 fully saturated rings. The van der Waals surface area contributed by atoms with E-state index in [1.807, 2.05) is 23.1 Å². The molecule has 0 nitrogen and oxygen atoms in total. The first-order chi connectivity index (χ1) is 21.6. The molecule has 0 saturated carbocycles. The Morgan fingerprint density at radius 3 is 1.80 bits per heavy atom. The molecule has 1 aromatic heterocycles. The van der Waals surface area contributed by atoms with Gasteiger partial charge in [-0.25, -0.2) is 0 Å². The van der Waals surface area contributed by atoms with E-state index in [9.17, 15) is 0 Å². The van der Waals surface area contributed by atoms with Crippen molar-refractivity contribution in [2.45, 2.75) is 25.7 Å². The van der Waals surface area contributed by atoms with Gasteiger partial charge in [0.25, 0.3) is 0 Å². The van der Waals surface area contributed by atoms with E-state index in [1.54, 1.807) is 0 Å². The summed E-state index contributed by atoms with van der Waals surface area (Å²) in [5, 5.41) is 10.7. The Morgan fingerprint density at radius 2 is 1.14 bits per heavy atom. The molecule has 44 heavy (non-hydrogen) atoms. The molecule has 8 rings (SSSR count). The zero-order valence-electron chi connectivity index (χ0n) is 25.1. The fraction of sp³-hybridized carbons (Fsp3) is 0.0952. The average Bonchev–Trinajstić information content (AvgIpc) is 3.66. The van der Waals surface area contributed by atoms with Crippen LogP contribution in [0.25, 0.3) is 69.2 Å². The normalized spacial score (nSPS) is 15.2. The topological polar surface area (TPSA) is 0 Å². The fourth-order valence-electron chi connectivity index (χ4n) is 6.99. The van der Waals surface area contributed by atoms with Crippen molar-refractivity contribution in [3.05, 3.63) is 144 Å². The standard InChI is InChI=1S/C42H32S2/c1-4-5-12-26(2)39-30-14-6-8-16-32(30)40(33-17-9-7-15-31(33)39)27(3)19-20-28-25-43-38-24-23-36-34(41(28)38)21-22-35-29-13-10-11-18-37(29)44-42(35)36/h4-24H,25H2,1-3H3/b5-4-,26-12+,27-19+,28-20+. The average molecular weight is 601 g/mol. The van der Waals surface area contributed by atoms with Gasteiger partial charge in [0.15, 0.2) is 0 Å². The molecule has 0 atom stereocenters. The third kappa shape index (κ3) is 4.28. The van der Waals surface area contributed by atoms with Gasteiger partial charge in [0.2, 0.25) is 0 Å². The maximum Gasteiger partial charge on any atom is 0.0434 e. The summed E-state index contributed by atoms with van der Waals surface area (Å²) < 4.78 is 2.75. The highest BCUT2D eigenvalue weighted by atomic mass is 32.2. The third-order valence-corrected chi connectivity index (χ3v) is 11.3. The van der Waals surface area contributed by atoms with Gasteiger partial charge in [0.1, 0.15) is 0 Å². The van der Waals surface area contributed by atoms with Gasteiger partial charge >= 0.3 is 0 Å². The molecule has 0 saturated heterocycles. The summed E-state index contributed by atoms with van der Waals surface area (Å²) in [6.45, 7) is 6.58. The highest BCUT2D eigenvalue weighted by Crippen LogP contribution is 2.47. The van der Waals surface area contributed by atoms with Crippen LogP contribution in [0.4, 0.5) is 0 Å². The summed E-state index contributed by atoms with van der Waals surface area (Å²) >= 11 is 3.88. The van der Waals surface area contributed by atoms with Gasteiger partial charge in [0.05, 0.1) is 0 Å². The van der Waals surface area contributed by atoms with Crippen LogP contribution in [0.1, 0.15) is 37.5 Å². The molecule has 2 heteroatoms. The number of allylic oxidation sites excluding steroid dienone is 7. The molecule has 0 radical (unpaired) electrons. The number of benzene rings is 6. The van der Waals surface area contributed by atoms with Gasteiger partial charge in [-0.15, -0.1) is 23.1 Å². The van der Waals surface area contributed by atoms with Crippen molar-refractivity contribution in [3.8, 4) is 0 Å². The summed E-state index contributed by atoms with van der Waals surface area (Å²) in [5.74, 6) is 0.998. The monoisotopic (exact) mass is 600 g/mol. The third-order valence-electron chi connectivity index (χ3n) is 9.00. The Bertz CT molecular complexity index is 2350. The van der Waals surface area contributed by atoms with E-state index in [-0.39, 0.29) is 0 Å². The molecule has 0 bridgehead atoms. The molecule has 212 valence electrons. The predicted octanol–water partition coefficient (Wildman–Crippen LogP) is 13.1. The van der Waals surface area contributed by atoms with Crippen molar-refractivity contribution >= 4 is 92.3 Å². The van der Waals surface area contributed by atoms with Gasteiger partial charge < -0.3 is 0 Å². The van der Waals surface area contributed by atoms with E-state index in [0.29, 0.717) is 0 Å². The first kappa shape index (κ1) is 27.2. The molecule has 0 spiro atoms. The largest absolute Gasteiger partial charge is 0.135 e.